The van der Waals surface area contributed by atoms with E-state index in [9.17, 15) is 4.79 Å². The summed E-state index contributed by atoms with van der Waals surface area (Å²) in [7, 11) is 0. The number of piperazine rings is 1. The number of carbonyl (C=O) groups is 1. The van der Waals surface area contributed by atoms with E-state index in [2.05, 4.69) is 10.1 Å². The fraction of sp³-hybridized carbons (Fsp3) is 0.444. The predicted octanol–water partition coefficient (Wildman–Crippen LogP) is 4.22. The first-order chi connectivity index (χ1) is 12.5. The highest BCUT2D eigenvalue weighted by Crippen LogP contribution is 2.27. The summed E-state index contributed by atoms with van der Waals surface area (Å²) < 4.78 is 4.93. The standard InChI is InChI=1S/C18H20Cl3N3O2/c1-12-14(18(21)26-22-12)5-6-16(25)24-9-7-23(8-10-24)11-13-3-2-4-15(19)17(13)20/h2-4H,5-11H2,1H3. The van der Waals surface area contributed by atoms with Crippen LogP contribution in [0.15, 0.2) is 22.7 Å². The summed E-state index contributed by atoms with van der Waals surface area (Å²) in [5.41, 5.74) is 2.57. The third-order valence-electron chi connectivity index (χ3n) is 4.68. The number of aryl methyl sites for hydroxylation is 1. The SMILES string of the molecule is Cc1noc(Cl)c1CCC(=O)N1CCN(Cc2cccc(Cl)c2Cl)CC1. The molecule has 0 saturated carbocycles. The average molecular weight is 417 g/mol. The van der Waals surface area contributed by atoms with Gasteiger partial charge in [0.15, 0.2) is 0 Å². The lowest BCUT2D eigenvalue weighted by molar-refractivity contribution is -0.133. The molecule has 0 radical (unpaired) electrons. The lowest BCUT2D eigenvalue weighted by Gasteiger charge is -2.35. The van der Waals surface area contributed by atoms with Crippen LogP contribution in [0.25, 0.3) is 0 Å². The molecule has 26 heavy (non-hydrogen) atoms. The van der Waals surface area contributed by atoms with Gasteiger partial charge in [-0.15, -0.1) is 0 Å². The van der Waals surface area contributed by atoms with Gasteiger partial charge in [0, 0.05) is 44.7 Å². The van der Waals surface area contributed by atoms with Crippen LogP contribution in [0.3, 0.4) is 0 Å². The molecule has 5 nitrogen and oxygen atoms in total. The molecule has 0 N–H and O–H groups in total. The zero-order chi connectivity index (χ0) is 18.7. The van der Waals surface area contributed by atoms with Crippen molar-refractivity contribution in [2.75, 3.05) is 26.2 Å². The molecule has 0 atom stereocenters. The summed E-state index contributed by atoms with van der Waals surface area (Å²) in [6.45, 7) is 5.58. The van der Waals surface area contributed by atoms with E-state index in [-0.39, 0.29) is 11.1 Å². The van der Waals surface area contributed by atoms with Gasteiger partial charge in [0.05, 0.1) is 15.7 Å². The first-order valence-electron chi connectivity index (χ1n) is 8.49. The number of aromatic nitrogens is 1. The van der Waals surface area contributed by atoms with Crippen molar-refractivity contribution in [2.24, 2.45) is 0 Å². The van der Waals surface area contributed by atoms with Crippen LogP contribution in [0.4, 0.5) is 0 Å². The molecule has 2 aromatic rings. The van der Waals surface area contributed by atoms with Gasteiger partial charge in [-0.25, -0.2) is 0 Å². The Labute approximate surface area is 167 Å². The number of hydrogen-bond donors (Lipinski definition) is 0. The van der Waals surface area contributed by atoms with E-state index >= 15 is 0 Å². The van der Waals surface area contributed by atoms with Gasteiger partial charge in [0.1, 0.15) is 0 Å². The lowest BCUT2D eigenvalue weighted by atomic mass is 10.1. The van der Waals surface area contributed by atoms with Crippen molar-refractivity contribution in [1.29, 1.82) is 0 Å². The van der Waals surface area contributed by atoms with Crippen molar-refractivity contribution in [3.05, 3.63) is 50.3 Å². The lowest BCUT2D eigenvalue weighted by Crippen LogP contribution is -2.48. The summed E-state index contributed by atoms with van der Waals surface area (Å²) in [6.07, 6.45) is 0.952. The molecule has 8 heteroatoms. The van der Waals surface area contributed by atoms with Crippen LogP contribution in [0.1, 0.15) is 23.2 Å². The number of rotatable bonds is 5. The highest BCUT2D eigenvalue weighted by Gasteiger charge is 2.22. The summed E-state index contributed by atoms with van der Waals surface area (Å²) in [6, 6.07) is 5.67. The maximum atomic E-state index is 12.5. The van der Waals surface area contributed by atoms with Crippen LogP contribution in [0.5, 0.6) is 0 Å². The average Bonchev–Trinajstić information content (AvgIpc) is 2.95. The molecule has 0 aliphatic carbocycles. The van der Waals surface area contributed by atoms with E-state index in [1.165, 1.54) is 0 Å². The van der Waals surface area contributed by atoms with Gasteiger partial charge in [-0.2, -0.15) is 0 Å². The molecule has 1 saturated heterocycles. The zero-order valence-electron chi connectivity index (χ0n) is 14.5. The minimum absolute atomic E-state index is 0.127. The molecule has 3 rings (SSSR count). The topological polar surface area (TPSA) is 49.6 Å². The van der Waals surface area contributed by atoms with Crippen LogP contribution in [0, 0.1) is 6.92 Å². The Bertz CT molecular complexity index is 766. The van der Waals surface area contributed by atoms with Crippen LogP contribution in [0.2, 0.25) is 15.3 Å². The second-order valence-corrected chi connectivity index (χ2v) is 7.52. The van der Waals surface area contributed by atoms with Gasteiger partial charge >= 0.3 is 0 Å². The first-order valence-corrected chi connectivity index (χ1v) is 9.62. The van der Waals surface area contributed by atoms with E-state index in [4.69, 9.17) is 39.3 Å². The van der Waals surface area contributed by atoms with Crippen LogP contribution >= 0.6 is 34.8 Å². The fourth-order valence-electron chi connectivity index (χ4n) is 3.10. The Hall–Kier alpha value is -1.27. The van der Waals surface area contributed by atoms with E-state index in [1.54, 1.807) is 6.07 Å². The molecule has 2 heterocycles. The largest absolute Gasteiger partial charge is 0.344 e. The number of carbonyl (C=O) groups excluding carboxylic acids is 1. The van der Waals surface area contributed by atoms with Gasteiger partial charge < -0.3 is 9.42 Å². The maximum absolute atomic E-state index is 12.5. The first kappa shape index (κ1) is 19.5. The van der Waals surface area contributed by atoms with Crippen LogP contribution in [-0.4, -0.2) is 47.0 Å². The Morgan fingerprint density at radius 3 is 2.58 bits per heavy atom. The van der Waals surface area contributed by atoms with Gasteiger partial charge in [0.25, 0.3) is 0 Å². The molecule has 1 aliphatic rings. The van der Waals surface area contributed by atoms with Crippen molar-refractivity contribution in [3.63, 3.8) is 0 Å². The quantitative estimate of drug-likeness (QED) is 0.732. The molecule has 1 fully saturated rings. The Morgan fingerprint density at radius 2 is 1.92 bits per heavy atom. The maximum Gasteiger partial charge on any atom is 0.229 e. The van der Waals surface area contributed by atoms with Crippen LogP contribution < -0.4 is 0 Å². The fourth-order valence-corrected chi connectivity index (χ4v) is 3.74. The monoisotopic (exact) mass is 415 g/mol. The molecule has 1 aromatic heterocycles. The molecular weight excluding hydrogens is 397 g/mol. The van der Waals surface area contributed by atoms with Crippen molar-refractivity contribution in [3.8, 4) is 0 Å². The smallest absolute Gasteiger partial charge is 0.229 e. The molecule has 0 unspecified atom stereocenters. The van der Waals surface area contributed by atoms with E-state index in [0.717, 1.165) is 36.5 Å². The summed E-state index contributed by atoms with van der Waals surface area (Å²) in [4.78, 5) is 16.6. The highest BCUT2D eigenvalue weighted by atomic mass is 35.5. The number of hydrogen-bond acceptors (Lipinski definition) is 4. The minimum atomic E-state index is 0.127. The number of amides is 1. The molecular formula is C18H20Cl3N3O2. The summed E-state index contributed by atoms with van der Waals surface area (Å²) in [5, 5.41) is 5.26. The molecule has 1 amide bonds. The van der Waals surface area contributed by atoms with Crippen molar-refractivity contribution in [1.82, 2.24) is 15.0 Å². The summed E-state index contributed by atoms with van der Waals surface area (Å²) >= 11 is 18.3. The minimum Gasteiger partial charge on any atom is -0.344 e. The van der Waals surface area contributed by atoms with Crippen molar-refractivity contribution >= 4 is 40.7 Å². The predicted molar refractivity (Wildman–Crippen MR) is 103 cm³/mol. The molecule has 1 aliphatic heterocycles. The van der Waals surface area contributed by atoms with E-state index in [1.807, 2.05) is 24.0 Å². The van der Waals surface area contributed by atoms with Gasteiger partial charge in [-0.1, -0.05) is 40.5 Å². The van der Waals surface area contributed by atoms with Gasteiger partial charge in [-0.3, -0.25) is 9.69 Å². The van der Waals surface area contributed by atoms with E-state index < -0.39 is 0 Å². The zero-order valence-corrected chi connectivity index (χ0v) is 16.7. The van der Waals surface area contributed by atoms with E-state index in [0.29, 0.717) is 36.0 Å². The molecule has 140 valence electrons. The van der Waals surface area contributed by atoms with Gasteiger partial charge in [-0.05, 0) is 36.6 Å². The number of nitrogens with zero attached hydrogens (tertiary/aromatic N) is 3. The third-order valence-corrected chi connectivity index (χ3v) is 5.83. The molecule has 1 aromatic carbocycles. The second kappa shape index (κ2) is 8.61. The molecule has 0 spiro atoms. The van der Waals surface area contributed by atoms with Crippen LogP contribution in [-0.2, 0) is 17.8 Å². The molecule has 0 bridgehead atoms. The normalized spacial score (nSPS) is 15.5. The Balaban J connectivity index is 1.48. The summed E-state index contributed by atoms with van der Waals surface area (Å²) in [5.74, 6) is 0.127. The highest BCUT2D eigenvalue weighted by molar-refractivity contribution is 6.42. The second-order valence-electron chi connectivity index (χ2n) is 6.39. The third kappa shape index (κ3) is 4.52. The van der Waals surface area contributed by atoms with Gasteiger partial charge in [0.2, 0.25) is 11.1 Å². The van der Waals surface area contributed by atoms with Crippen molar-refractivity contribution in [2.45, 2.75) is 26.3 Å². The Kier molecular flexibility index (Phi) is 6.46. The van der Waals surface area contributed by atoms with Crippen molar-refractivity contribution < 1.29 is 9.32 Å². The Morgan fingerprint density at radius 1 is 1.19 bits per heavy atom. The number of halogens is 3. The number of benzene rings is 1.